The molecule has 0 spiro atoms. The Hall–Kier alpha value is -2.29. The maximum atomic E-state index is 12.2. The fraction of sp³-hybridized carbons (Fsp3) is 0.278. The highest BCUT2D eigenvalue weighted by Crippen LogP contribution is 2.29. The Morgan fingerprint density at radius 3 is 2.67 bits per heavy atom. The molecule has 2 aromatic rings. The minimum Gasteiger partial charge on any atom is -0.331 e. The van der Waals surface area contributed by atoms with E-state index in [-0.39, 0.29) is 12.1 Å². The van der Waals surface area contributed by atoms with Crippen LogP contribution in [0.1, 0.15) is 35.6 Å². The number of rotatable bonds is 2. The lowest BCUT2D eigenvalue weighted by Crippen LogP contribution is -2.34. The van der Waals surface area contributed by atoms with E-state index in [2.05, 4.69) is 28.8 Å². The van der Waals surface area contributed by atoms with Gasteiger partial charge in [-0.3, -0.25) is 0 Å². The summed E-state index contributed by atoms with van der Waals surface area (Å²) in [5.74, 6) is 0. The summed E-state index contributed by atoms with van der Waals surface area (Å²) in [7, 11) is 0. The van der Waals surface area contributed by atoms with Gasteiger partial charge in [-0.1, -0.05) is 42.0 Å². The molecule has 0 aromatic heterocycles. The Labute approximate surface area is 125 Å². The largest absolute Gasteiger partial charge is 0.331 e. The minimum absolute atomic E-state index is 0.111. The van der Waals surface area contributed by atoms with Crippen molar-refractivity contribution in [3.8, 4) is 0 Å². The SMILES string of the molecule is Cc1ccc(NC(=O)N[C@@H]2CCCc3ccccc32)cc1. The van der Waals surface area contributed by atoms with Crippen molar-refractivity contribution in [2.45, 2.75) is 32.2 Å². The fourth-order valence-corrected chi connectivity index (χ4v) is 2.87. The smallest absolute Gasteiger partial charge is 0.319 e. The first kappa shape index (κ1) is 13.7. The van der Waals surface area contributed by atoms with Crippen LogP contribution in [0.25, 0.3) is 0 Å². The van der Waals surface area contributed by atoms with Gasteiger partial charge in [-0.2, -0.15) is 0 Å². The fourth-order valence-electron chi connectivity index (χ4n) is 2.87. The van der Waals surface area contributed by atoms with E-state index < -0.39 is 0 Å². The van der Waals surface area contributed by atoms with Gasteiger partial charge in [0.1, 0.15) is 0 Å². The van der Waals surface area contributed by atoms with Crippen molar-refractivity contribution in [3.63, 3.8) is 0 Å². The normalized spacial score (nSPS) is 16.9. The first-order valence-corrected chi connectivity index (χ1v) is 7.44. The van der Waals surface area contributed by atoms with Gasteiger partial charge in [0.25, 0.3) is 0 Å². The number of benzene rings is 2. The van der Waals surface area contributed by atoms with Gasteiger partial charge in [0.15, 0.2) is 0 Å². The van der Waals surface area contributed by atoms with Crippen molar-refractivity contribution in [2.75, 3.05) is 5.32 Å². The summed E-state index contributed by atoms with van der Waals surface area (Å²) in [5, 5.41) is 5.99. The van der Waals surface area contributed by atoms with E-state index in [1.165, 1.54) is 16.7 Å². The van der Waals surface area contributed by atoms with Crippen molar-refractivity contribution >= 4 is 11.7 Å². The maximum absolute atomic E-state index is 12.2. The molecule has 2 aromatic carbocycles. The number of hydrogen-bond acceptors (Lipinski definition) is 1. The van der Waals surface area contributed by atoms with E-state index in [0.717, 1.165) is 24.9 Å². The van der Waals surface area contributed by atoms with Gasteiger partial charge < -0.3 is 10.6 Å². The van der Waals surface area contributed by atoms with Gasteiger partial charge in [-0.05, 0) is 49.4 Å². The highest BCUT2D eigenvalue weighted by molar-refractivity contribution is 5.89. The zero-order valence-electron chi connectivity index (χ0n) is 12.2. The minimum atomic E-state index is -0.138. The van der Waals surface area contributed by atoms with E-state index in [0.29, 0.717) is 0 Å². The monoisotopic (exact) mass is 280 g/mol. The maximum Gasteiger partial charge on any atom is 0.319 e. The third-order valence-electron chi connectivity index (χ3n) is 3.98. The second kappa shape index (κ2) is 6.00. The number of urea groups is 1. The quantitative estimate of drug-likeness (QED) is 0.850. The van der Waals surface area contributed by atoms with Crippen molar-refractivity contribution in [1.29, 1.82) is 0 Å². The molecule has 1 aliphatic carbocycles. The summed E-state index contributed by atoms with van der Waals surface area (Å²) in [4.78, 5) is 12.2. The summed E-state index contributed by atoms with van der Waals surface area (Å²) in [6.07, 6.45) is 3.22. The lowest BCUT2D eigenvalue weighted by molar-refractivity contribution is 0.247. The average Bonchev–Trinajstić information content (AvgIpc) is 2.50. The average molecular weight is 280 g/mol. The van der Waals surface area contributed by atoms with Crippen molar-refractivity contribution < 1.29 is 4.79 Å². The number of carbonyl (C=O) groups is 1. The lowest BCUT2D eigenvalue weighted by atomic mass is 9.88. The van der Waals surface area contributed by atoms with Crippen molar-refractivity contribution in [1.82, 2.24) is 5.32 Å². The molecule has 21 heavy (non-hydrogen) atoms. The molecule has 0 aliphatic heterocycles. The molecule has 0 bridgehead atoms. The summed E-state index contributed by atoms with van der Waals surface area (Å²) >= 11 is 0. The van der Waals surface area contributed by atoms with Crippen LogP contribution in [0.5, 0.6) is 0 Å². The summed E-state index contributed by atoms with van der Waals surface area (Å²) in [5.41, 5.74) is 4.61. The summed E-state index contributed by atoms with van der Waals surface area (Å²) < 4.78 is 0. The van der Waals surface area contributed by atoms with E-state index in [1.54, 1.807) is 0 Å². The molecule has 0 radical (unpaired) electrons. The van der Waals surface area contributed by atoms with E-state index in [4.69, 9.17) is 0 Å². The zero-order chi connectivity index (χ0) is 14.7. The van der Waals surface area contributed by atoms with Gasteiger partial charge in [-0.25, -0.2) is 4.79 Å². The zero-order valence-corrected chi connectivity index (χ0v) is 12.2. The Bertz CT molecular complexity index is 634. The molecule has 1 aliphatic rings. The third kappa shape index (κ3) is 3.24. The third-order valence-corrected chi connectivity index (χ3v) is 3.98. The molecule has 3 nitrogen and oxygen atoms in total. The summed E-state index contributed by atoms with van der Waals surface area (Å²) in [6.45, 7) is 2.03. The predicted molar refractivity (Wildman–Crippen MR) is 85.5 cm³/mol. The van der Waals surface area contributed by atoms with Gasteiger partial charge in [0, 0.05) is 5.69 Å². The number of nitrogens with one attached hydrogen (secondary N) is 2. The van der Waals surface area contributed by atoms with Gasteiger partial charge >= 0.3 is 6.03 Å². The van der Waals surface area contributed by atoms with Crippen LogP contribution in [0.3, 0.4) is 0 Å². The molecule has 0 saturated carbocycles. The molecule has 108 valence electrons. The number of amides is 2. The van der Waals surface area contributed by atoms with Crippen LogP contribution >= 0.6 is 0 Å². The Morgan fingerprint density at radius 2 is 1.86 bits per heavy atom. The van der Waals surface area contributed by atoms with Crippen molar-refractivity contribution in [3.05, 3.63) is 65.2 Å². The molecular weight excluding hydrogens is 260 g/mol. The van der Waals surface area contributed by atoms with Gasteiger partial charge in [0.2, 0.25) is 0 Å². The highest BCUT2D eigenvalue weighted by Gasteiger charge is 2.21. The standard InChI is InChI=1S/C18H20N2O/c1-13-9-11-15(12-10-13)19-18(21)20-17-8-4-6-14-5-2-3-7-16(14)17/h2-3,5,7,9-12,17H,4,6,8H2,1H3,(H2,19,20,21)/t17-/m1/s1. The van der Waals surface area contributed by atoms with E-state index >= 15 is 0 Å². The second-order valence-electron chi connectivity index (χ2n) is 5.61. The van der Waals surface area contributed by atoms with Crippen LogP contribution in [0.4, 0.5) is 10.5 Å². The van der Waals surface area contributed by atoms with Crippen LogP contribution < -0.4 is 10.6 Å². The highest BCUT2D eigenvalue weighted by atomic mass is 16.2. The molecule has 2 N–H and O–H groups in total. The first-order chi connectivity index (χ1) is 10.2. The van der Waals surface area contributed by atoms with E-state index in [1.807, 2.05) is 37.3 Å². The predicted octanol–water partition coefficient (Wildman–Crippen LogP) is 4.19. The molecule has 2 amide bonds. The molecule has 0 unspecified atom stereocenters. The van der Waals surface area contributed by atoms with Crippen LogP contribution in [0, 0.1) is 6.92 Å². The number of carbonyl (C=O) groups excluding carboxylic acids is 1. The molecular formula is C18H20N2O. The lowest BCUT2D eigenvalue weighted by Gasteiger charge is -2.26. The molecule has 0 heterocycles. The van der Waals surface area contributed by atoms with E-state index in [9.17, 15) is 4.79 Å². The van der Waals surface area contributed by atoms with Crippen LogP contribution in [-0.2, 0) is 6.42 Å². The number of aryl methyl sites for hydroxylation is 2. The number of fused-ring (bicyclic) bond motifs is 1. The molecule has 3 heteroatoms. The molecule has 1 atom stereocenters. The molecule has 3 rings (SSSR count). The second-order valence-corrected chi connectivity index (χ2v) is 5.61. The van der Waals surface area contributed by atoms with Gasteiger partial charge in [0.05, 0.1) is 6.04 Å². The number of anilines is 1. The van der Waals surface area contributed by atoms with Crippen LogP contribution in [0.2, 0.25) is 0 Å². The Balaban J connectivity index is 1.67. The Morgan fingerprint density at radius 1 is 1.10 bits per heavy atom. The first-order valence-electron chi connectivity index (χ1n) is 7.44. The topological polar surface area (TPSA) is 41.1 Å². The summed E-state index contributed by atoms with van der Waals surface area (Å²) in [6, 6.07) is 16.2. The Kier molecular flexibility index (Phi) is 3.91. The van der Waals surface area contributed by atoms with Crippen LogP contribution in [0.15, 0.2) is 48.5 Å². The van der Waals surface area contributed by atoms with Gasteiger partial charge in [-0.15, -0.1) is 0 Å². The molecule has 0 saturated heterocycles. The molecule has 0 fully saturated rings. The number of hydrogen-bond donors (Lipinski definition) is 2. The van der Waals surface area contributed by atoms with Crippen molar-refractivity contribution in [2.24, 2.45) is 0 Å². The van der Waals surface area contributed by atoms with Crippen LogP contribution in [-0.4, -0.2) is 6.03 Å².